The summed E-state index contributed by atoms with van der Waals surface area (Å²) in [5.41, 5.74) is 0. The van der Waals surface area contributed by atoms with Crippen LogP contribution in [0.4, 0.5) is 0 Å². The lowest BCUT2D eigenvalue weighted by Crippen LogP contribution is -2.15. The Labute approximate surface area is 230 Å². The third kappa shape index (κ3) is 32.7. The molecule has 0 aliphatic heterocycles. The van der Waals surface area contributed by atoms with Crippen molar-refractivity contribution < 1.29 is 47.5 Å². The predicted molar refractivity (Wildman–Crippen MR) is 144 cm³/mol. The lowest BCUT2D eigenvalue weighted by Gasteiger charge is -2.08. The summed E-state index contributed by atoms with van der Waals surface area (Å²) in [7, 11) is 0. The second-order valence-corrected chi connectivity index (χ2v) is 8.81. The Balaban J connectivity index is 3.13. The van der Waals surface area contributed by atoms with Crippen molar-refractivity contribution in [1.82, 2.24) is 0 Å². The first-order valence-electron chi connectivity index (χ1n) is 14.4. The van der Waals surface area contributed by atoms with E-state index in [1.807, 2.05) is 0 Å². The van der Waals surface area contributed by atoms with Crippen molar-refractivity contribution in [1.29, 1.82) is 0 Å². The molecule has 0 fully saturated rings. The van der Waals surface area contributed by atoms with Crippen LogP contribution in [0, 0.1) is 0 Å². The fourth-order valence-electron chi connectivity index (χ4n) is 3.31. The topological polar surface area (TPSA) is 108 Å². The number of hydrogen-bond donors (Lipinski definition) is 0. The summed E-state index contributed by atoms with van der Waals surface area (Å²) in [4.78, 5) is 22.3. The van der Waals surface area contributed by atoms with E-state index in [2.05, 4.69) is 6.92 Å². The van der Waals surface area contributed by atoms with Crippen molar-refractivity contribution in [3.63, 3.8) is 0 Å². The number of ether oxygens (including phenoxy) is 8. The highest BCUT2D eigenvalue weighted by Gasteiger charge is 2.02. The van der Waals surface area contributed by atoms with Crippen molar-refractivity contribution in [3.8, 4) is 0 Å². The number of unbranched alkanes of at least 4 members (excludes halogenated alkanes) is 8. The molecule has 0 unspecified atom stereocenters. The number of carbonyl (C=O) groups excluding carboxylic acids is 2. The Hall–Kier alpha value is -1.30. The van der Waals surface area contributed by atoms with Gasteiger partial charge in [0.25, 0.3) is 0 Å². The van der Waals surface area contributed by atoms with Crippen molar-refractivity contribution in [3.05, 3.63) is 0 Å². The van der Waals surface area contributed by atoms with E-state index >= 15 is 0 Å². The van der Waals surface area contributed by atoms with E-state index in [4.69, 9.17) is 37.9 Å². The summed E-state index contributed by atoms with van der Waals surface area (Å²) in [5.74, 6) is -0.448. The first-order valence-corrected chi connectivity index (χ1v) is 14.4. The van der Waals surface area contributed by atoms with Crippen molar-refractivity contribution in [2.24, 2.45) is 0 Å². The Bertz CT molecular complexity index is 504. The molecule has 0 radical (unpaired) electrons. The van der Waals surface area contributed by atoms with Gasteiger partial charge in [-0.05, 0) is 6.42 Å². The highest BCUT2D eigenvalue weighted by atomic mass is 16.6. The van der Waals surface area contributed by atoms with Gasteiger partial charge in [0.2, 0.25) is 0 Å². The van der Waals surface area contributed by atoms with Crippen LogP contribution >= 0.6 is 0 Å². The Morgan fingerprint density at radius 3 is 1.11 bits per heavy atom. The van der Waals surface area contributed by atoms with E-state index in [1.54, 1.807) is 0 Å². The molecule has 0 aliphatic rings. The molecule has 0 aromatic carbocycles. The molecule has 0 atom stereocenters. The van der Waals surface area contributed by atoms with Crippen molar-refractivity contribution in [2.45, 2.75) is 78.1 Å². The van der Waals surface area contributed by atoms with E-state index in [1.165, 1.54) is 51.9 Å². The molecule has 10 nitrogen and oxygen atoms in total. The lowest BCUT2D eigenvalue weighted by molar-refractivity contribution is -0.145. The average Bonchev–Trinajstić information content (AvgIpc) is 2.90. The molecule has 38 heavy (non-hydrogen) atoms. The van der Waals surface area contributed by atoms with Gasteiger partial charge in [-0.3, -0.25) is 9.59 Å². The maximum absolute atomic E-state index is 11.7. The molecule has 0 N–H and O–H groups in total. The zero-order valence-electron chi connectivity index (χ0n) is 24.1. The third-order valence-corrected chi connectivity index (χ3v) is 5.37. The summed E-state index contributed by atoms with van der Waals surface area (Å²) in [6.07, 6.45) is 11.6. The molecule has 0 saturated heterocycles. The van der Waals surface area contributed by atoms with E-state index < -0.39 is 0 Å². The standard InChI is InChI=1S/C28H54O10/c1-3-4-5-6-7-8-9-10-11-12-28(30)38-26-24-36-22-20-34-18-16-32-14-13-31-15-17-33-19-21-35-23-25-37-27(2)29/h3-26H2,1-2H3. The Morgan fingerprint density at radius 2 is 0.737 bits per heavy atom. The first-order chi connectivity index (χ1) is 18.7. The van der Waals surface area contributed by atoms with Gasteiger partial charge in [-0.1, -0.05) is 58.3 Å². The maximum atomic E-state index is 11.7. The number of carbonyl (C=O) groups is 2. The SMILES string of the molecule is CCCCCCCCCCCC(=O)OCCOCCOCCOCCOCCOCCOCCOC(C)=O. The van der Waals surface area contributed by atoms with Crippen molar-refractivity contribution in [2.75, 3.05) is 92.5 Å². The van der Waals surface area contributed by atoms with E-state index in [-0.39, 0.29) is 25.2 Å². The molecule has 0 spiro atoms. The Kier molecular flexibility index (Phi) is 30.8. The van der Waals surface area contributed by atoms with Crippen molar-refractivity contribution >= 4 is 11.9 Å². The van der Waals surface area contributed by atoms with Crippen LogP contribution in [0.15, 0.2) is 0 Å². The minimum atomic E-state index is -0.310. The van der Waals surface area contributed by atoms with Crippen LogP contribution in [0.3, 0.4) is 0 Å². The Morgan fingerprint density at radius 1 is 0.421 bits per heavy atom. The number of rotatable bonds is 31. The molecule has 0 rings (SSSR count). The van der Waals surface area contributed by atoms with Gasteiger partial charge in [0.1, 0.15) is 13.2 Å². The fourth-order valence-corrected chi connectivity index (χ4v) is 3.31. The molecule has 226 valence electrons. The van der Waals surface area contributed by atoms with Crippen LogP contribution < -0.4 is 0 Å². The lowest BCUT2D eigenvalue weighted by atomic mass is 10.1. The highest BCUT2D eigenvalue weighted by Crippen LogP contribution is 2.10. The smallest absolute Gasteiger partial charge is 0.305 e. The molecule has 0 amide bonds. The van der Waals surface area contributed by atoms with Crippen LogP contribution in [0.25, 0.3) is 0 Å². The molecule has 0 heterocycles. The quantitative estimate of drug-likeness (QED) is 0.0924. The maximum Gasteiger partial charge on any atom is 0.305 e. The summed E-state index contributed by atoms with van der Waals surface area (Å²) in [6.45, 7) is 9.64. The van der Waals surface area contributed by atoms with Crippen LogP contribution in [-0.4, -0.2) is 104 Å². The molecule has 0 aromatic rings. The first kappa shape index (κ1) is 36.7. The molecule has 0 bridgehead atoms. The summed E-state index contributed by atoms with van der Waals surface area (Å²) in [6, 6.07) is 0. The van der Waals surface area contributed by atoms with Crippen LogP contribution in [0.1, 0.15) is 78.1 Å². The molecule has 0 aromatic heterocycles. The minimum absolute atomic E-state index is 0.138. The molecular formula is C28H54O10. The van der Waals surface area contributed by atoms with Gasteiger partial charge in [0.15, 0.2) is 0 Å². The molecule has 0 saturated carbocycles. The van der Waals surface area contributed by atoms with Gasteiger partial charge in [-0.25, -0.2) is 0 Å². The zero-order chi connectivity index (χ0) is 27.8. The van der Waals surface area contributed by atoms with E-state index in [9.17, 15) is 9.59 Å². The van der Waals surface area contributed by atoms with Crippen LogP contribution in [0.5, 0.6) is 0 Å². The summed E-state index contributed by atoms with van der Waals surface area (Å²) in [5, 5.41) is 0. The highest BCUT2D eigenvalue weighted by molar-refractivity contribution is 5.69. The van der Waals surface area contributed by atoms with E-state index in [0.29, 0.717) is 85.7 Å². The second kappa shape index (κ2) is 31.9. The summed E-state index contributed by atoms with van der Waals surface area (Å²) < 4.78 is 42.2. The van der Waals surface area contributed by atoms with Gasteiger partial charge < -0.3 is 37.9 Å². The van der Waals surface area contributed by atoms with Gasteiger partial charge in [0.05, 0.1) is 79.3 Å². The minimum Gasteiger partial charge on any atom is -0.463 e. The fraction of sp³-hybridized carbons (Fsp3) is 0.929. The largest absolute Gasteiger partial charge is 0.463 e. The van der Waals surface area contributed by atoms with Gasteiger partial charge in [0, 0.05) is 13.3 Å². The molecule has 10 heteroatoms. The molecular weight excluding hydrogens is 496 g/mol. The van der Waals surface area contributed by atoms with Gasteiger partial charge in [-0.2, -0.15) is 0 Å². The number of esters is 2. The monoisotopic (exact) mass is 550 g/mol. The zero-order valence-corrected chi connectivity index (χ0v) is 24.1. The van der Waals surface area contributed by atoms with E-state index in [0.717, 1.165) is 12.8 Å². The summed E-state index contributed by atoms with van der Waals surface area (Å²) >= 11 is 0. The second-order valence-electron chi connectivity index (χ2n) is 8.81. The predicted octanol–water partition coefficient (Wildman–Crippen LogP) is 4.11. The molecule has 0 aliphatic carbocycles. The van der Waals surface area contributed by atoms with Crippen LogP contribution in [0.2, 0.25) is 0 Å². The third-order valence-electron chi connectivity index (χ3n) is 5.37. The van der Waals surface area contributed by atoms with Crippen LogP contribution in [-0.2, 0) is 47.5 Å². The van der Waals surface area contributed by atoms with Gasteiger partial charge in [-0.15, -0.1) is 0 Å². The average molecular weight is 551 g/mol. The number of hydrogen-bond acceptors (Lipinski definition) is 10. The van der Waals surface area contributed by atoms with Gasteiger partial charge >= 0.3 is 11.9 Å². The normalized spacial score (nSPS) is 11.1.